The number of nitrogens with one attached hydrogen (secondary N) is 2. The molecule has 2 N–H and O–H groups in total. The minimum absolute atomic E-state index is 0.0389. The van der Waals surface area contributed by atoms with Gasteiger partial charge < -0.3 is 23.9 Å². The van der Waals surface area contributed by atoms with Gasteiger partial charge in [0, 0.05) is 5.69 Å². The zero-order chi connectivity index (χ0) is 25.6. The highest BCUT2D eigenvalue weighted by atomic mass is 16.6. The van der Waals surface area contributed by atoms with Crippen LogP contribution in [0.2, 0.25) is 0 Å². The molecule has 0 unspecified atom stereocenters. The van der Waals surface area contributed by atoms with E-state index in [2.05, 4.69) is 15.6 Å². The van der Waals surface area contributed by atoms with Crippen LogP contribution in [-0.4, -0.2) is 42.4 Å². The highest BCUT2D eigenvalue weighted by Gasteiger charge is 2.23. The topological polar surface area (TPSA) is 129 Å². The number of rotatable bonds is 8. The second-order valence-corrected chi connectivity index (χ2v) is 8.79. The van der Waals surface area contributed by atoms with Crippen LogP contribution in [0.1, 0.15) is 31.9 Å². The fourth-order valence-corrected chi connectivity index (χ4v) is 3.26. The predicted octanol–water partition coefficient (Wildman–Crippen LogP) is 4.01. The summed E-state index contributed by atoms with van der Waals surface area (Å²) in [6, 6.07) is 11.5. The average Bonchev–Trinajstić information content (AvgIpc) is 2.79. The number of nitrogens with zero attached hydrogens (tertiary/aromatic N) is 1. The van der Waals surface area contributed by atoms with Gasteiger partial charge in [-0.2, -0.15) is 4.98 Å². The number of anilines is 2. The molecule has 1 amide bonds. The van der Waals surface area contributed by atoms with Crippen molar-refractivity contribution in [3.05, 3.63) is 64.0 Å². The van der Waals surface area contributed by atoms with E-state index < -0.39 is 29.3 Å². The van der Waals surface area contributed by atoms with Crippen LogP contribution in [0.4, 0.5) is 16.5 Å². The lowest BCUT2D eigenvalue weighted by molar-refractivity contribution is -0.143. The number of fused-ring (bicyclic) bond motifs is 1. The maximum absolute atomic E-state index is 12.8. The van der Waals surface area contributed by atoms with Crippen molar-refractivity contribution in [2.24, 2.45) is 0 Å². The highest BCUT2D eigenvalue weighted by Crippen LogP contribution is 2.24. The Morgan fingerprint density at radius 2 is 1.83 bits per heavy atom. The third-order valence-corrected chi connectivity index (χ3v) is 4.87. The average molecular weight is 484 g/mol. The Morgan fingerprint density at radius 1 is 1.11 bits per heavy atom. The van der Waals surface area contributed by atoms with Crippen LogP contribution in [0.5, 0.6) is 0 Å². The van der Waals surface area contributed by atoms with Gasteiger partial charge in [0.05, 0.1) is 31.2 Å². The van der Waals surface area contributed by atoms with Crippen molar-refractivity contribution >= 4 is 34.7 Å². The van der Waals surface area contributed by atoms with Gasteiger partial charge in [-0.15, -0.1) is 0 Å². The molecule has 1 heterocycles. The van der Waals surface area contributed by atoms with Gasteiger partial charge in [0.2, 0.25) is 0 Å². The van der Waals surface area contributed by atoms with E-state index in [1.165, 1.54) is 7.11 Å². The van der Waals surface area contributed by atoms with Gasteiger partial charge in [0.25, 0.3) is 6.01 Å². The minimum Gasteiger partial charge on any atom is -0.467 e. The molecule has 3 aromatic rings. The molecule has 1 aromatic heterocycles. The molecule has 1 atom stereocenters. The van der Waals surface area contributed by atoms with E-state index in [1.54, 1.807) is 39.8 Å². The molecule has 10 heteroatoms. The van der Waals surface area contributed by atoms with Crippen molar-refractivity contribution < 1.29 is 28.2 Å². The number of esters is 1. The molecule has 186 valence electrons. The van der Waals surface area contributed by atoms with Crippen molar-refractivity contribution in [3.63, 3.8) is 0 Å². The number of hydrogen-bond donors (Lipinski definition) is 2. The van der Waals surface area contributed by atoms with Gasteiger partial charge in [-0.1, -0.05) is 30.3 Å². The number of carbonyl (C=O) groups is 2. The molecule has 0 saturated heterocycles. The second-order valence-electron chi connectivity index (χ2n) is 8.79. The Morgan fingerprint density at radius 3 is 2.49 bits per heavy atom. The predicted molar refractivity (Wildman–Crippen MR) is 130 cm³/mol. The first-order chi connectivity index (χ1) is 16.6. The first-order valence-corrected chi connectivity index (χ1v) is 11.0. The van der Waals surface area contributed by atoms with E-state index in [1.807, 2.05) is 30.3 Å². The van der Waals surface area contributed by atoms with Crippen molar-refractivity contribution in [1.29, 1.82) is 0 Å². The molecule has 0 aliphatic carbocycles. The van der Waals surface area contributed by atoms with Gasteiger partial charge in [0.15, 0.2) is 6.04 Å². The van der Waals surface area contributed by atoms with E-state index in [4.69, 9.17) is 18.6 Å². The molecule has 0 saturated carbocycles. The van der Waals surface area contributed by atoms with Gasteiger partial charge in [-0.25, -0.2) is 14.4 Å². The van der Waals surface area contributed by atoms with Crippen LogP contribution < -0.4 is 16.3 Å². The van der Waals surface area contributed by atoms with Crippen molar-refractivity contribution in [3.8, 4) is 0 Å². The number of aromatic nitrogens is 1. The fraction of sp³-hybridized carbons (Fsp3) is 0.360. The van der Waals surface area contributed by atoms with E-state index in [-0.39, 0.29) is 24.6 Å². The summed E-state index contributed by atoms with van der Waals surface area (Å²) in [7, 11) is 1.25. The number of carbonyl (C=O) groups excluding carboxylic acids is 2. The van der Waals surface area contributed by atoms with Crippen LogP contribution in [0.3, 0.4) is 0 Å². The monoisotopic (exact) mass is 483 g/mol. The van der Waals surface area contributed by atoms with E-state index >= 15 is 0 Å². The molecular weight excluding hydrogens is 454 g/mol. The standard InChI is InChI=1S/C25H29N3O7/c1-15-17(28-24(31)35-25(2,3)4)11-12-18-20(15)22(30)34-23(26-18)27-19(21(29)32-5)14-33-13-16-9-7-6-8-10-16/h6-12,19H,13-14H2,1-5H3,(H,26,27)(H,28,31)/t19-/m0/s1. The van der Waals surface area contributed by atoms with Gasteiger partial charge >= 0.3 is 17.7 Å². The van der Waals surface area contributed by atoms with Crippen LogP contribution in [0.15, 0.2) is 51.7 Å². The Balaban J connectivity index is 1.78. The zero-order valence-corrected chi connectivity index (χ0v) is 20.3. The van der Waals surface area contributed by atoms with Crippen molar-refractivity contribution in [2.45, 2.75) is 45.9 Å². The minimum atomic E-state index is -0.953. The summed E-state index contributed by atoms with van der Waals surface area (Å²) in [5.41, 5.74) is 0.774. The molecule has 2 aromatic carbocycles. The number of benzene rings is 2. The summed E-state index contributed by atoms with van der Waals surface area (Å²) in [4.78, 5) is 41.5. The molecule has 0 bridgehead atoms. The maximum Gasteiger partial charge on any atom is 0.412 e. The zero-order valence-electron chi connectivity index (χ0n) is 20.3. The Labute approximate surface area is 202 Å². The third kappa shape index (κ3) is 7.03. The van der Waals surface area contributed by atoms with Crippen LogP contribution in [0, 0.1) is 6.92 Å². The largest absolute Gasteiger partial charge is 0.467 e. The lowest BCUT2D eigenvalue weighted by Crippen LogP contribution is -2.35. The van der Waals surface area contributed by atoms with Gasteiger partial charge in [-0.05, 0) is 51.0 Å². The number of aryl methyl sites for hydroxylation is 1. The van der Waals surface area contributed by atoms with Crippen molar-refractivity contribution in [1.82, 2.24) is 4.98 Å². The summed E-state index contributed by atoms with van der Waals surface area (Å²) >= 11 is 0. The normalized spacial score (nSPS) is 12.1. The Hall–Kier alpha value is -3.92. The molecule has 3 rings (SSSR count). The van der Waals surface area contributed by atoms with Crippen LogP contribution >= 0.6 is 0 Å². The first-order valence-electron chi connectivity index (χ1n) is 11.0. The number of methoxy groups -OCH3 is 1. The fourth-order valence-electron chi connectivity index (χ4n) is 3.26. The quantitative estimate of drug-likeness (QED) is 0.456. The lowest BCUT2D eigenvalue weighted by atomic mass is 10.1. The van der Waals surface area contributed by atoms with Gasteiger partial charge in [0.1, 0.15) is 5.60 Å². The molecule has 0 aliphatic rings. The molecule has 10 nitrogen and oxygen atoms in total. The van der Waals surface area contributed by atoms with Crippen molar-refractivity contribution in [2.75, 3.05) is 24.4 Å². The Kier molecular flexibility index (Phi) is 8.08. The van der Waals surface area contributed by atoms with E-state index in [9.17, 15) is 14.4 Å². The summed E-state index contributed by atoms with van der Waals surface area (Å²) < 4.78 is 21.0. The SMILES string of the molecule is COC(=O)[C@H](COCc1ccccc1)Nc1nc2ccc(NC(=O)OC(C)(C)C)c(C)c2c(=O)o1. The number of amides is 1. The number of hydrogen-bond acceptors (Lipinski definition) is 9. The summed E-state index contributed by atoms with van der Waals surface area (Å²) in [6.07, 6.45) is -0.646. The molecule has 0 fully saturated rings. The summed E-state index contributed by atoms with van der Waals surface area (Å²) in [5.74, 6) is -0.601. The van der Waals surface area contributed by atoms with E-state index in [0.717, 1.165) is 5.56 Å². The maximum atomic E-state index is 12.8. The lowest BCUT2D eigenvalue weighted by Gasteiger charge is -2.20. The first kappa shape index (κ1) is 25.7. The second kappa shape index (κ2) is 11.0. The van der Waals surface area contributed by atoms with E-state index in [0.29, 0.717) is 16.8 Å². The summed E-state index contributed by atoms with van der Waals surface area (Å²) in [5, 5.41) is 5.60. The summed E-state index contributed by atoms with van der Waals surface area (Å²) in [6.45, 7) is 7.17. The van der Waals surface area contributed by atoms with Gasteiger partial charge in [-0.3, -0.25) is 5.32 Å². The van der Waals surface area contributed by atoms with Crippen LogP contribution in [0.25, 0.3) is 10.9 Å². The van der Waals surface area contributed by atoms with Crippen LogP contribution in [-0.2, 0) is 25.6 Å². The molecular formula is C25H29N3O7. The Bertz CT molecular complexity index is 1250. The smallest absolute Gasteiger partial charge is 0.412 e. The molecule has 0 radical (unpaired) electrons. The molecule has 0 aliphatic heterocycles. The number of ether oxygens (including phenoxy) is 3. The highest BCUT2D eigenvalue weighted by molar-refractivity contribution is 5.93. The third-order valence-electron chi connectivity index (χ3n) is 4.87. The molecule has 35 heavy (non-hydrogen) atoms. The molecule has 0 spiro atoms.